The second kappa shape index (κ2) is 6.07. The largest absolute Gasteiger partial charge is 0.443 e. The Labute approximate surface area is 175 Å². The summed E-state index contributed by atoms with van der Waals surface area (Å²) in [7, 11) is -3.01. The van der Waals surface area contributed by atoms with Crippen LogP contribution in [0.5, 0.6) is 0 Å². The van der Waals surface area contributed by atoms with Gasteiger partial charge in [-0.25, -0.2) is 13.9 Å². The van der Waals surface area contributed by atoms with E-state index in [2.05, 4.69) is 4.72 Å². The molecule has 0 bridgehead atoms. The third-order valence-electron chi connectivity index (χ3n) is 5.56. The van der Waals surface area contributed by atoms with E-state index in [1.54, 1.807) is 45.2 Å². The summed E-state index contributed by atoms with van der Waals surface area (Å²) in [6.45, 7) is 5.33. The smallest absolute Gasteiger partial charge is 0.419 e. The summed E-state index contributed by atoms with van der Waals surface area (Å²) in [6.07, 6.45) is 2.74. The molecule has 8 heteroatoms. The highest BCUT2D eigenvalue weighted by molar-refractivity contribution is 8.23. The first-order chi connectivity index (χ1) is 14.0. The molecule has 1 aliphatic carbocycles. The standard InChI is InChI=1S/C22H23FN2O4S/c1-21(2,3)29-20(26)25-12-16(15-6-5-14(23)11-18(15)25)13-4-7-19-17(10-13)22(8-9-22)24-30(19,27)28/h4-7,10-12,24,27-28H,8-9H2,1-3H3. The molecule has 1 fully saturated rings. The average Bonchev–Trinajstić information content (AvgIpc) is 3.24. The minimum atomic E-state index is -3.01. The third kappa shape index (κ3) is 3.02. The van der Waals surface area contributed by atoms with Crippen LogP contribution in [0.2, 0.25) is 0 Å². The molecular formula is C22H23FN2O4S. The van der Waals surface area contributed by atoms with Crippen molar-refractivity contribution in [3.8, 4) is 11.1 Å². The number of ether oxygens (including phenoxy) is 1. The molecule has 30 heavy (non-hydrogen) atoms. The number of rotatable bonds is 1. The summed E-state index contributed by atoms with van der Waals surface area (Å²) in [6, 6.07) is 9.78. The van der Waals surface area contributed by atoms with Gasteiger partial charge in [0, 0.05) is 17.1 Å². The maximum atomic E-state index is 14.0. The van der Waals surface area contributed by atoms with Gasteiger partial charge in [0.1, 0.15) is 11.4 Å². The molecule has 0 unspecified atom stereocenters. The molecule has 158 valence electrons. The lowest BCUT2D eigenvalue weighted by Crippen LogP contribution is -2.26. The molecule has 0 saturated heterocycles. The maximum Gasteiger partial charge on any atom is 0.419 e. The first-order valence-corrected chi connectivity index (χ1v) is 11.3. The molecular weight excluding hydrogens is 407 g/mol. The number of benzene rings is 2. The molecule has 1 aliphatic heterocycles. The van der Waals surface area contributed by atoms with Crippen LogP contribution >= 0.6 is 10.8 Å². The van der Waals surface area contributed by atoms with E-state index in [0.717, 1.165) is 29.5 Å². The number of halogens is 1. The Bertz CT molecular complexity index is 1210. The molecule has 3 N–H and O–H groups in total. The highest BCUT2D eigenvalue weighted by Crippen LogP contribution is 2.65. The van der Waals surface area contributed by atoms with Crippen LogP contribution in [0.15, 0.2) is 47.5 Å². The summed E-state index contributed by atoms with van der Waals surface area (Å²) in [5.74, 6) is -0.444. The zero-order chi connectivity index (χ0) is 21.5. The fourth-order valence-corrected chi connectivity index (χ4v) is 5.88. The van der Waals surface area contributed by atoms with Gasteiger partial charge in [-0.1, -0.05) is 6.07 Å². The van der Waals surface area contributed by atoms with Crippen LogP contribution in [0.3, 0.4) is 0 Å². The predicted molar refractivity (Wildman–Crippen MR) is 114 cm³/mol. The zero-order valence-electron chi connectivity index (χ0n) is 16.9. The van der Waals surface area contributed by atoms with Crippen molar-refractivity contribution in [2.75, 3.05) is 0 Å². The topological polar surface area (TPSA) is 83.7 Å². The minimum absolute atomic E-state index is 0.389. The van der Waals surface area contributed by atoms with Crippen molar-refractivity contribution < 1.29 is 23.0 Å². The van der Waals surface area contributed by atoms with E-state index >= 15 is 0 Å². The van der Waals surface area contributed by atoms with Crippen LogP contribution in [0.4, 0.5) is 9.18 Å². The molecule has 2 aliphatic rings. The van der Waals surface area contributed by atoms with Crippen molar-refractivity contribution in [2.24, 2.45) is 0 Å². The summed E-state index contributed by atoms with van der Waals surface area (Å²) in [4.78, 5) is 13.3. The van der Waals surface area contributed by atoms with E-state index in [9.17, 15) is 18.3 Å². The van der Waals surface area contributed by atoms with Gasteiger partial charge in [0.25, 0.3) is 0 Å². The number of aromatic nitrogens is 1. The van der Waals surface area contributed by atoms with Crippen molar-refractivity contribution >= 4 is 27.8 Å². The van der Waals surface area contributed by atoms with Gasteiger partial charge >= 0.3 is 6.09 Å². The molecule has 0 amide bonds. The fraction of sp³-hybridized carbons (Fsp3) is 0.318. The average molecular weight is 431 g/mol. The third-order valence-corrected chi connectivity index (χ3v) is 7.20. The van der Waals surface area contributed by atoms with Crippen molar-refractivity contribution in [3.05, 3.63) is 54.0 Å². The second-order valence-corrected chi connectivity index (χ2v) is 10.7. The highest BCUT2D eigenvalue weighted by atomic mass is 32.3. The molecule has 2 aromatic carbocycles. The van der Waals surface area contributed by atoms with Crippen molar-refractivity contribution in [3.63, 3.8) is 0 Å². The Morgan fingerprint density at radius 1 is 1.20 bits per heavy atom. The predicted octanol–water partition coefficient (Wildman–Crippen LogP) is 5.85. The lowest BCUT2D eigenvalue weighted by molar-refractivity contribution is 0.0544. The van der Waals surface area contributed by atoms with Gasteiger partial charge in [-0.05, 0) is 75.1 Å². The van der Waals surface area contributed by atoms with Crippen LogP contribution in [-0.2, 0) is 10.3 Å². The summed E-state index contributed by atoms with van der Waals surface area (Å²) >= 11 is 0. The van der Waals surface area contributed by atoms with Gasteiger partial charge in [-0.2, -0.15) is 0 Å². The molecule has 0 atom stereocenters. The van der Waals surface area contributed by atoms with Gasteiger partial charge < -0.3 is 4.74 Å². The fourth-order valence-electron chi connectivity index (χ4n) is 4.09. The number of fused-ring (bicyclic) bond motifs is 3. The van der Waals surface area contributed by atoms with E-state index in [-0.39, 0.29) is 5.54 Å². The lowest BCUT2D eigenvalue weighted by Gasteiger charge is -2.28. The van der Waals surface area contributed by atoms with E-state index in [0.29, 0.717) is 15.8 Å². The molecule has 1 saturated carbocycles. The Kier molecular flexibility index (Phi) is 3.96. The first-order valence-electron chi connectivity index (χ1n) is 9.75. The molecule has 6 nitrogen and oxygen atoms in total. The zero-order valence-corrected chi connectivity index (χ0v) is 17.7. The van der Waals surface area contributed by atoms with Gasteiger partial charge in [0.2, 0.25) is 0 Å². The van der Waals surface area contributed by atoms with Crippen LogP contribution in [0.1, 0.15) is 39.2 Å². The molecule has 5 rings (SSSR count). The van der Waals surface area contributed by atoms with Crippen molar-refractivity contribution in [1.82, 2.24) is 9.29 Å². The monoisotopic (exact) mass is 430 g/mol. The summed E-state index contributed by atoms with van der Waals surface area (Å²) in [5.41, 5.74) is 1.78. The molecule has 2 heterocycles. The van der Waals surface area contributed by atoms with E-state index in [4.69, 9.17) is 4.74 Å². The number of hydrogen-bond donors (Lipinski definition) is 3. The summed E-state index contributed by atoms with van der Waals surface area (Å²) < 4.78 is 44.6. The Balaban J connectivity index is 1.67. The maximum absolute atomic E-state index is 14.0. The van der Waals surface area contributed by atoms with Gasteiger partial charge in [-0.15, -0.1) is 10.8 Å². The minimum Gasteiger partial charge on any atom is -0.443 e. The van der Waals surface area contributed by atoms with Crippen molar-refractivity contribution in [1.29, 1.82) is 0 Å². The molecule has 1 aromatic heterocycles. The number of nitrogens with zero attached hydrogens (tertiary/aromatic N) is 1. The van der Waals surface area contributed by atoms with Crippen LogP contribution < -0.4 is 4.72 Å². The van der Waals surface area contributed by atoms with E-state index in [1.807, 2.05) is 6.07 Å². The van der Waals surface area contributed by atoms with E-state index < -0.39 is 28.3 Å². The molecule has 1 spiro atoms. The van der Waals surface area contributed by atoms with Crippen LogP contribution in [-0.4, -0.2) is 25.4 Å². The number of hydrogen-bond acceptors (Lipinski definition) is 5. The second-order valence-electron chi connectivity index (χ2n) is 9.00. The van der Waals surface area contributed by atoms with Crippen LogP contribution in [0, 0.1) is 5.82 Å². The number of carbonyl (C=O) groups excluding carboxylic acids is 1. The quantitative estimate of drug-likeness (QED) is 0.451. The van der Waals surface area contributed by atoms with Crippen molar-refractivity contribution in [2.45, 2.75) is 49.6 Å². The van der Waals surface area contributed by atoms with Gasteiger partial charge in [-0.3, -0.25) is 13.7 Å². The molecule has 0 radical (unpaired) electrons. The summed E-state index contributed by atoms with van der Waals surface area (Å²) in [5, 5.41) is 0.713. The molecule has 3 aromatic rings. The Hall–Kier alpha value is -2.39. The van der Waals surface area contributed by atoms with Gasteiger partial charge in [0.15, 0.2) is 0 Å². The van der Waals surface area contributed by atoms with Crippen LogP contribution in [0.25, 0.3) is 22.0 Å². The lowest BCUT2D eigenvalue weighted by atomic mass is 9.98. The van der Waals surface area contributed by atoms with E-state index in [1.165, 1.54) is 16.7 Å². The Morgan fingerprint density at radius 3 is 2.60 bits per heavy atom. The SMILES string of the molecule is CC(C)(C)OC(=O)n1cc(-c2ccc3c(c2)C2(CC2)NS3(O)O)c2ccc(F)cc21. The normalized spacial score (nSPS) is 19.7. The number of nitrogens with one attached hydrogen (secondary N) is 1. The number of carbonyl (C=O) groups is 1. The van der Waals surface area contributed by atoms with Gasteiger partial charge in [0.05, 0.1) is 16.0 Å². The first kappa shape index (κ1) is 19.6. The Morgan fingerprint density at radius 2 is 1.93 bits per heavy atom. The highest BCUT2D eigenvalue weighted by Gasteiger charge is 2.55.